The van der Waals surface area contributed by atoms with Crippen molar-refractivity contribution in [3.63, 3.8) is 0 Å². The van der Waals surface area contributed by atoms with E-state index in [2.05, 4.69) is 4.98 Å². The highest BCUT2D eigenvalue weighted by Gasteiger charge is 2.15. The first-order valence-electron chi connectivity index (χ1n) is 7.22. The molecule has 1 unspecified atom stereocenters. The van der Waals surface area contributed by atoms with E-state index in [1.54, 1.807) is 18.3 Å². The Balaban J connectivity index is 1.78. The lowest BCUT2D eigenvalue weighted by atomic mass is 10.1. The van der Waals surface area contributed by atoms with E-state index in [-0.39, 0.29) is 6.04 Å². The van der Waals surface area contributed by atoms with Crippen LogP contribution in [0.3, 0.4) is 0 Å². The number of benzene rings is 1. The molecule has 0 spiro atoms. The fraction of sp³-hybridized carbons (Fsp3) is 0.235. The summed E-state index contributed by atoms with van der Waals surface area (Å²) < 4.78 is 28.3. The standard InChI is InChI=1S/C17H16ClF2N3/c1-11(12-3-5-15(19)16(20)7-12)22(2)9-14-10-23-8-13(18)4-6-17(23)21-14/h3-8,10-11H,9H2,1-2H3. The van der Waals surface area contributed by atoms with Crippen molar-refractivity contribution in [2.75, 3.05) is 7.05 Å². The van der Waals surface area contributed by atoms with E-state index in [1.165, 1.54) is 6.07 Å². The predicted octanol–water partition coefficient (Wildman–Crippen LogP) is 4.46. The Morgan fingerprint density at radius 1 is 1.17 bits per heavy atom. The first-order chi connectivity index (χ1) is 10.9. The molecular formula is C17H16ClF2N3. The molecule has 120 valence electrons. The summed E-state index contributed by atoms with van der Waals surface area (Å²) in [5.41, 5.74) is 2.42. The number of hydrogen-bond donors (Lipinski definition) is 0. The van der Waals surface area contributed by atoms with Gasteiger partial charge < -0.3 is 4.40 Å². The molecule has 6 heteroatoms. The number of rotatable bonds is 4. The molecule has 0 radical (unpaired) electrons. The van der Waals surface area contributed by atoms with Crippen molar-refractivity contribution in [3.05, 3.63) is 70.6 Å². The Kier molecular flexibility index (Phi) is 4.33. The molecule has 1 atom stereocenters. The SMILES string of the molecule is CC(c1ccc(F)c(F)c1)N(C)Cc1cn2cc(Cl)ccc2n1. The molecule has 0 fully saturated rings. The highest BCUT2D eigenvalue weighted by molar-refractivity contribution is 6.30. The smallest absolute Gasteiger partial charge is 0.159 e. The van der Waals surface area contributed by atoms with Crippen molar-refractivity contribution in [1.29, 1.82) is 0 Å². The van der Waals surface area contributed by atoms with Gasteiger partial charge in [0.25, 0.3) is 0 Å². The minimum absolute atomic E-state index is 0.0708. The second kappa shape index (κ2) is 6.26. The van der Waals surface area contributed by atoms with E-state index in [9.17, 15) is 8.78 Å². The molecular weight excluding hydrogens is 320 g/mol. The second-order valence-corrected chi connectivity index (χ2v) is 6.05. The largest absolute Gasteiger partial charge is 0.305 e. The molecule has 0 aliphatic carbocycles. The van der Waals surface area contributed by atoms with Gasteiger partial charge in [-0.2, -0.15) is 0 Å². The highest BCUT2D eigenvalue weighted by Crippen LogP contribution is 2.22. The quantitative estimate of drug-likeness (QED) is 0.701. The maximum Gasteiger partial charge on any atom is 0.159 e. The van der Waals surface area contributed by atoms with Crippen LogP contribution in [-0.4, -0.2) is 21.3 Å². The Bertz CT molecular complexity index is 847. The summed E-state index contributed by atoms with van der Waals surface area (Å²) in [5.74, 6) is -1.66. The number of fused-ring (bicyclic) bond motifs is 1. The molecule has 0 N–H and O–H groups in total. The van der Waals surface area contributed by atoms with Crippen LogP contribution in [0.25, 0.3) is 5.65 Å². The van der Waals surface area contributed by atoms with Gasteiger partial charge >= 0.3 is 0 Å². The third kappa shape index (κ3) is 3.35. The lowest BCUT2D eigenvalue weighted by Gasteiger charge is -2.24. The van der Waals surface area contributed by atoms with Crippen molar-refractivity contribution in [2.24, 2.45) is 0 Å². The van der Waals surface area contributed by atoms with Crippen molar-refractivity contribution in [3.8, 4) is 0 Å². The fourth-order valence-corrected chi connectivity index (χ4v) is 2.68. The van der Waals surface area contributed by atoms with Crippen LogP contribution in [-0.2, 0) is 6.54 Å². The van der Waals surface area contributed by atoms with Crippen molar-refractivity contribution in [2.45, 2.75) is 19.5 Å². The number of imidazole rings is 1. The maximum atomic E-state index is 13.4. The Morgan fingerprint density at radius 3 is 2.70 bits per heavy atom. The van der Waals surface area contributed by atoms with Crippen LogP contribution in [0.5, 0.6) is 0 Å². The molecule has 2 heterocycles. The van der Waals surface area contributed by atoms with Crippen LogP contribution in [0.4, 0.5) is 8.78 Å². The lowest BCUT2D eigenvalue weighted by molar-refractivity contribution is 0.250. The number of pyridine rings is 1. The molecule has 0 amide bonds. The molecule has 3 rings (SSSR count). The fourth-order valence-electron chi connectivity index (χ4n) is 2.51. The predicted molar refractivity (Wildman–Crippen MR) is 86.4 cm³/mol. The van der Waals surface area contributed by atoms with Gasteiger partial charge in [0.15, 0.2) is 11.6 Å². The van der Waals surface area contributed by atoms with Gasteiger partial charge in [0.1, 0.15) is 5.65 Å². The highest BCUT2D eigenvalue weighted by atomic mass is 35.5. The van der Waals surface area contributed by atoms with Gasteiger partial charge in [-0.1, -0.05) is 17.7 Å². The summed E-state index contributed by atoms with van der Waals surface area (Å²) in [6.45, 7) is 2.53. The minimum atomic E-state index is -0.833. The summed E-state index contributed by atoms with van der Waals surface area (Å²) in [6, 6.07) is 7.56. The molecule has 0 aliphatic rings. The van der Waals surface area contributed by atoms with Gasteiger partial charge in [0, 0.05) is 25.0 Å². The first-order valence-corrected chi connectivity index (χ1v) is 7.60. The maximum absolute atomic E-state index is 13.4. The molecule has 0 saturated carbocycles. The zero-order valence-electron chi connectivity index (χ0n) is 12.8. The summed E-state index contributed by atoms with van der Waals surface area (Å²) in [4.78, 5) is 6.55. The van der Waals surface area contributed by atoms with Crippen LogP contribution in [0.1, 0.15) is 24.2 Å². The molecule has 23 heavy (non-hydrogen) atoms. The van der Waals surface area contributed by atoms with E-state index >= 15 is 0 Å². The minimum Gasteiger partial charge on any atom is -0.305 e. The lowest BCUT2D eigenvalue weighted by Crippen LogP contribution is -2.22. The molecule has 2 aromatic heterocycles. The van der Waals surface area contributed by atoms with Gasteiger partial charge in [-0.3, -0.25) is 4.90 Å². The Morgan fingerprint density at radius 2 is 1.96 bits per heavy atom. The van der Waals surface area contributed by atoms with E-state index in [0.29, 0.717) is 11.6 Å². The van der Waals surface area contributed by atoms with E-state index in [0.717, 1.165) is 23.0 Å². The molecule has 0 bridgehead atoms. The summed E-state index contributed by atoms with van der Waals surface area (Å²) in [5, 5.41) is 0.643. The van der Waals surface area contributed by atoms with Crippen LogP contribution in [0, 0.1) is 11.6 Å². The number of halogens is 3. The zero-order valence-corrected chi connectivity index (χ0v) is 13.6. The number of hydrogen-bond acceptors (Lipinski definition) is 2. The van der Waals surface area contributed by atoms with E-state index in [4.69, 9.17) is 11.6 Å². The van der Waals surface area contributed by atoms with Crippen LogP contribution in [0.2, 0.25) is 5.02 Å². The van der Waals surface area contributed by atoms with E-state index < -0.39 is 11.6 Å². The zero-order chi connectivity index (χ0) is 16.6. The van der Waals surface area contributed by atoms with Crippen LogP contribution in [0.15, 0.2) is 42.7 Å². The van der Waals surface area contributed by atoms with Gasteiger partial charge in [-0.15, -0.1) is 0 Å². The van der Waals surface area contributed by atoms with Crippen LogP contribution < -0.4 is 0 Å². The number of nitrogens with zero attached hydrogens (tertiary/aromatic N) is 3. The normalized spacial score (nSPS) is 13.0. The third-order valence-corrected chi connectivity index (χ3v) is 4.19. The Hall–Kier alpha value is -1.98. The molecule has 1 aromatic carbocycles. The average molecular weight is 336 g/mol. The van der Waals surface area contributed by atoms with Crippen molar-refractivity contribution in [1.82, 2.24) is 14.3 Å². The van der Waals surface area contributed by atoms with Crippen molar-refractivity contribution >= 4 is 17.2 Å². The molecule has 0 saturated heterocycles. The first kappa shape index (κ1) is 15.9. The monoisotopic (exact) mass is 335 g/mol. The summed E-state index contributed by atoms with van der Waals surface area (Å²) in [6.07, 6.45) is 3.71. The number of aromatic nitrogens is 2. The van der Waals surface area contributed by atoms with Gasteiger partial charge in [0.05, 0.1) is 10.7 Å². The topological polar surface area (TPSA) is 20.5 Å². The van der Waals surface area contributed by atoms with Gasteiger partial charge in [-0.05, 0) is 43.8 Å². The molecule has 3 aromatic rings. The molecule has 0 aliphatic heterocycles. The molecule has 3 nitrogen and oxygen atoms in total. The average Bonchev–Trinajstić information content (AvgIpc) is 2.90. The Labute approximate surface area is 138 Å². The van der Waals surface area contributed by atoms with Gasteiger partial charge in [-0.25, -0.2) is 13.8 Å². The van der Waals surface area contributed by atoms with Gasteiger partial charge in [0.2, 0.25) is 0 Å². The summed E-state index contributed by atoms with van der Waals surface area (Å²) in [7, 11) is 1.92. The van der Waals surface area contributed by atoms with Crippen LogP contribution >= 0.6 is 11.6 Å². The second-order valence-electron chi connectivity index (χ2n) is 5.61. The van der Waals surface area contributed by atoms with E-state index in [1.807, 2.05) is 35.5 Å². The summed E-state index contributed by atoms with van der Waals surface area (Å²) >= 11 is 5.97. The van der Waals surface area contributed by atoms with Crippen molar-refractivity contribution < 1.29 is 8.78 Å². The third-order valence-electron chi connectivity index (χ3n) is 3.96.